The summed E-state index contributed by atoms with van der Waals surface area (Å²) in [7, 11) is 0. The normalized spacial score (nSPS) is 17.4. The fourth-order valence-corrected chi connectivity index (χ4v) is 2.79. The molecule has 0 spiro atoms. The van der Waals surface area contributed by atoms with Crippen LogP contribution in [-0.2, 0) is 10.9 Å². The third-order valence-electron chi connectivity index (χ3n) is 4.41. The zero-order chi connectivity index (χ0) is 20.5. The average molecular weight is 386 g/mol. The van der Waals surface area contributed by atoms with Gasteiger partial charge < -0.3 is 15.0 Å². The number of ether oxygens (including phenoxy) is 1. The van der Waals surface area contributed by atoms with Crippen molar-refractivity contribution in [3.63, 3.8) is 0 Å². The summed E-state index contributed by atoms with van der Waals surface area (Å²) in [5.74, 6) is -0.433. The molecule has 1 N–H and O–H groups in total. The number of carbonyl (C=O) groups excluding carboxylic acids is 2. The van der Waals surface area contributed by atoms with Gasteiger partial charge in [0.25, 0.3) is 5.91 Å². The number of hydrogen-bond donors (Lipinski definition) is 1. The Labute approximate surface area is 156 Å². The number of rotatable bonds is 2. The first-order valence-corrected chi connectivity index (χ1v) is 8.77. The zero-order valence-electron chi connectivity index (χ0n) is 15.9. The summed E-state index contributed by atoms with van der Waals surface area (Å²) in [6.07, 6.45) is -3.77. The van der Waals surface area contributed by atoms with Crippen LogP contribution in [0.15, 0.2) is 24.3 Å². The standard InChI is InChI=1S/C19H25F3N2O3/c1-17(2,3)27-16(26)24-11-9-18(4,10-12-24)23-15(25)13-5-7-14(8-6-13)19(20,21)22/h5-8H,9-12H2,1-4H3,(H,23,25). The highest BCUT2D eigenvalue weighted by atomic mass is 19.4. The smallest absolute Gasteiger partial charge is 0.416 e. The number of alkyl halides is 3. The number of amides is 2. The van der Waals surface area contributed by atoms with Crippen LogP contribution in [0.5, 0.6) is 0 Å². The number of halogens is 3. The molecule has 1 aliphatic rings. The number of hydrogen-bond acceptors (Lipinski definition) is 3. The first-order valence-electron chi connectivity index (χ1n) is 8.77. The van der Waals surface area contributed by atoms with Gasteiger partial charge in [0.05, 0.1) is 5.56 Å². The Kier molecular flexibility index (Phi) is 5.77. The molecule has 1 aromatic rings. The number of nitrogens with zero attached hydrogens (tertiary/aromatic N) is 1. The number of carbonyl (C=O) groups is 2. The van der Waals surface area contributed by atoms with Crippen LogP contribution in [-0.4, -0.2) is 41.1 Å². The molecule has 0 aromatic heterocycles. The molecule has 0 atom stereocenters. The van der Waals surface area contributed by atoms with Crippen molar-refractivity contribution in [1.29, 1.82) is 0 Å². The van der Waals surface area contributed by atoms with Crippen LogP contribution in [0.25, 0.3) is 0 Å². The van der Waals surface area contributed by atoms with Crippen molar-refractivity contribution in [2.75, 3.05) is 13.1 Å². The van der Waals surface area contributed by atoms with E-state index >= 15 is 0 Å². The van der Waals surface area contributed by atoms with Gasteiger partial charge in [-0.25, -0.2) is 4.79 Å². The Hall–Kier alpha value is -2.25. The van der Waals surface area contributed by atoms with Crippen molar-refractivity contribution in [2.24, 2.45) is 0 Å². The van der Waals surface area contributed by atoms with E-state index in [1.807, 2.05) is 6.92 Å². The topological polar surface area (TPSA) is 58.6 Å². The average Bonchev–Trinajstić information content (AvgIpc) is 2.52. The second-order valence-corrected chi connectivity index (χ2v) is 8.06. The van der Waals surface area contributed by atoms with Crippen molar-refractivity contribution < 1.29 is 27.5 Å². The lowest BCUT2D eigenvalue weighted by molar-refractivity contribution is -0.137. The third kappa shape index (κ3) is 5.87. The van der Waals surface area contributed by atoms with E-state index in [2.05, 4.69) is 5.32 Å². The van der Waals surface area contributed by atoms with Gasteiger partial charge >= 0.3 is 12.3 Å². The van der Waals surface area contributed by atoms with Crippen LogP contribution >= 0.6 is 0 Å². The molecule has 1 heterocycles. The second kappa shape index (κ2) is 7.40. The predicted molar refractivity (Wildman–Crippen MR) is 94.4 cm³/mol. The van der Waals surface area contributed by atoms with Crippen LogP contribution in [0, 0.1) is 0 Å². The minimum Gasteiger partial charge on any atom is -0.444 e. The molecule has 1 aromatic carbocycles. The van der Waals surface area contributed by atoms with E-state index in [1.165, 1.54) is 0 Å². The van der Waals surface area contributed by atoms with E-state index in [-0.39, 0.29) is 5.56 Å². The van der Waals surface area contributed by atoms with Crippen molar-refractivity contribution in [1.82, 2.24) is 10.2 Å². The fraction of sp³-hybridized carbons (Fsp3) is 0.579. The Morgan fingerprint density at radius 1 is 1.07 bits per heavy atom. The molecule has 2 amide bonds. The Bertz CT molecular complexity index is 686. The lowest BCUT2D eigenvalue weighted by Crippen LogP contribution is -2.54. The second-order valence-electron chi connectivity index (χ2n) is 8.06. The molecule has 5 nitrogen and oxygen atoms in total. The molecule has 27 heavy (non-hydrogen) atoms. The lowest BCUT2D eigenvalue weighted by atomic mass is 9.89. The third-order valence-corrected chi connectivity index (χ3v) is 4.41. The molecule has 150 valence electrons. The van der Waals surface area contributed by atoms with Crippen molar-refractivity contribution in [3.05, 3.63) is 35.4 Å². The van der Waals surface area contributed by atoms with Crippen molar-refractivity contribution in [3.8, 4) is 0 Å². The van der Waals surface area contributed by atoms with Crippen molar-refractivity contribution in [2.45, 2.75) is 57.9 Å². The first kappa shape index (κ1) is 21.1. The lowest BCUT2D eigenvalue weighted by Gasteiger charge is -2.40. The summed E-state index contributed by atoms with van der Waals surface area (Å²) in [5, 5.41) is 2.88. The minimum absolute atomic E-state index is 0.166. The maximum absolute atomic E-state index is 12.6. The van der Waals surface area contributed by atoms with E-state index in [0.29, 0.717) is 25.9 Å². The molecule has 0 unspecified atom stereocenters. The molecule has 0 bridgehead atoms. The van der Waals surface area contributed by atoms with Gasteiger partial charge in [-0.05, 0) is 64.8 Å². The highest BCUT2D eigenvalue weighted by molar-refractivity contribution is 5.94. The van der Waals surface area contributed by atoms with Gasteiger partial charge in [-0.2, -0.15) is 13.2 Å². The van der Waals surface area contributed by atoms with Crippen LogP contribution in [0.2, 0.25) is 0 Å². The summed E-state index contributed by atoms with van der Waals surface area (Å²) in [6, 6.07) is 4.11. The maximum Gasteiger partial charge on any atom is 0.416 e. The first-order chi connectivity index (χ1) is 12.3. The highest BCUT2D eigenvalue weighted by Crippen LogP contribution is 2.29. The van der Waals surface area contributed by atoms with Gasteiger partial charge in [-0.15, -0.1) is 0 Å². The highest BCUT2D eigenvalue weighted by Gasteiger charge is 2.35. The van der Waals surface area contributed by atoms with Crippen molar-refractivity contribution >= 4 is 12.0 Å². The van der Waals surface area contributed by atoms with Crippen LogP contribution < -0.4 is 5.32 Å². The van der Waals surface area contributed by atoms with Crippen LogP contribution in [0.3, 0.4) is 0 Å². The number of benzene rings is 1. The van der Waals surface area contributed by atoms with E-state index in [4.69, 9.17) is 4.74 Å². The van der Waals surface area contributed by atoms with Gasteiger partial charge in [0.1, 0.15) is 5.60 Å². The number of nitrogens with one attached hydrogen (secondary N) is 1. The maximum atomic E-state index is 12.6. The van der Waals surface area contributed by atoms with Gasteiger partial charge in [0.15, 0.2) is 0 Å². The van der Waals surface area contributed by atoms with Gasteiger partial charge in [0, 0.05) is 24.2 Å². The molecule has 0 radical (unpaired) electrons. The summed E-state index contributed by atoms with van der Waals surface area (Å²) in [4.78, 5) is 26.1. The summed E-state index contributed by atoms with van der Waals surface area (Å²) >= 11 is 0. The fourth-order valence-electron chi connectivity index (χ4n) is 2.79. The Morgan fingerprint density at radius 3 is 2.04 bits per heavy atom. The summed E-state index contributed by atoms with van der Waals surface area (Å²) < 4.78 is 43.2. The Morgan fingerprint density at radius 2 is 1.59 bits per heavy atom. The number of likely N-dealkylation sites (tertiary alicyclic amines) is 1. The van der Waals surface area contributed by atoms with Gasteiger partial charge in [-0.3, -0.25) is 4.79 Å². The van der Waals surface area contributed by atoms with E-state index in [9.17, 15) is 22.8 Å². The zero-order valence-corrected chi connectivity index (χ0v) is 15.9. The van der Waals surface area contributed by atoms with Crippen LogP contribution in [0.4, 0.5) is 18.0 Å². The molecule has 0 saturated carbocycles. The largest absolute Gasteiger partial charge is 0.444 e. The molecule has 1 aliphatic heterocycles. The molecule has 1 saturated heterocycles. The molecule has 1 fully saturated rings. The molecule has 8 heteroatoms. The van der Waals surface area contributed by atoms with E-state index < -0.39 is 34.9 Å². The van der Waals surface area contributed by atoms with Crippen LogP contribution in [0.1, 0.15) is 56.5 Å². The number of piperidine rings is 1. The summed E-state index contributed by atoms with van der Waals surface area (Å²) in [5.41, 5.74) is -1.75. The van der Waals surface area contributed by atoms with E-state index in [0.717, 1.165) is 24.3 Å². The van der Waals surface area contributed by atoms with Gasteiger partial charge in [-0.1, -0.05) is 0 Å². The molecular formula is C19H25F3N2O3. The SMILES string of the molecule is CC1(NC(=O)c2ccc(C(F)(F)F)cc2)CCN(C(=O)OC(C)(C)C)CC1. The molecule has 2 rings (SSSR count). The minimum atomic E-state index is -4.44. The quantitative estimate of drug-likeness (QED) is 0.828. The summed E-state index contributed by atoms with van der Waals surface area (Å²) in [6.45, 7) is 8.11. The molecular weight excluding hydrogens is 361 g/mol. The monoisotopic (exact) mass is 386 g/mol. The van der Waals surface area contributed by atoms with Gasteiger partial charge in [0.2, 0.25) is 0 Å². The van der Waals surface area contributed by atoms with E-state index in [1.54, 1.807) is 25.7 Å². The molecule has 0 aliphatic carbocycles. The Balaban J connectivity index is 1.94. The predicted octanol–water partition coefficient (Wildman–Crippen LogP) is 4.22.